The maximum absolute atomic E-state index is 10.9. The van der Waals surface area contributed by atoms with Crippen LogP contribution in [0.2, 0.25) is 10.0 Å². The molecule has 104 valence electrons. The van der Waals surface area contributed by atoms with E-state index in [1.54, 1.807) is 12.1 Å². The van der Waals surface area contributed by atoms with Crippen molar-refractivity contribution in [3.63, 3.8) is 0 Å². The minimum absolute atomic E-state index is 0.0229. The fourth-order valence-electron chi connectivity index (χ4n) is 1.71. The molecule has 2 aromatic carbocycles. The zero-order valence-corrected chi connectivity index (χ0v) is 11.6. The number of aromatic hydroxyl groups is 1. The maximum atomic E-state index is 10.9. The van der Waals surface area contributed by atoms with Crippen LogP contribution in [0.15, 0.2) is 36.4 Å². The quantitative estimate of drug-likeness (QED) is 0.654. The van der Waals surface area contributed by atoms with E-state index in [0.717, 1.165) is 0 Å². The van der Waals surface area contributed by atoms with Crippen molar-refractivity contribution in [2.24, 2.45) is 0 Å². The number of hydrogen-bond acceptors (Lipinski definition) is 4. The van der Waals surface area contributed by atoms with Gasteiger partial charge in [-0.25, -0.2) is 0 Å². The molecule has 0 aliphatic carbocycles. The van der Waals surface area contributed by atoms with Crippen molar-refractivity contribution in [3.05, 3.63) is 62.1 Å². The van der Waals surface area contributed by atoms with Gasteiger partial charge in [0, 0.05) is 28.2 Å². The second-order valence-electron chi connectivity index (χ2n) is 4.01. The molecule has 5 nitrogen and oxygen atoms in total. The molecule has 0 fully saturated rings. The van der Waals surface area contributed by atoms with Crippen LogP contribution in [-0.2, 0) is 6.54 Å². The summed E-state index contributed by atoms with van der Waals surface area (Å²) in [6.07, 6.45) is 0. The van der Waals surface area contributed by atoms with Gasteiger partial charge in [-0.15, -0.1) is 0 Å². The highest BCUT2D eigenvalue weighted by Crippen LogP contribution is 2.30. The molecule has 0 bridgehead atoms. The zero-order chi connectivity index (χ0) is 14.7. The molecule has 2 rings (SSSR count). The molecule has 0 spiro atoms. The summed E-state index contributed by atoms with van der Waals surface area (Å²) in [7, 11) is 0. The Balaban J connectivity index is 2.27. The van der Waals surface area contributed by atoms with E-state index in [9.17, 15) is 15.2 Å². The third-order valence-electron chi connectivity index (χ3n) is 2.71. The molecule has 2 N–H and O–H groups in total. The van der Waals surface area contributed by atoms with Crippen LogP contribution in [0.4, 0.5) is 11.4 Å². The summed E-state index contributed by atoms with van der Waals surface area (Å²) in [4.78, 5) is 10.4. The van der Waals surface area contributed by atoms with E-state index >= 15 is 0 Å². The molecule has 20 heavy (non-hydrogen) atoms. The number of anilines is 1. The summed E-state index contributed by atoms with van der Waals surface area (Å²) in [6, 6.07) is 8.95. The van der Waals surface area contributed by atoms with E-state index in [2.05, 4.69) is 5.32 Å². The van der Waals surface area contributed by atoms with Gasteiger partial charge < -0.3 is 10.4 Å². The Morgan fingerprint density at radius 1 is 1.25 bits per heavy atom. The predicted octanol–water partition coefficient (Wildman–Crippen LogP) is 4.22. The molecule has 0 radical (unpaired) electrons. The number of rotatable bonds is 4. The van der Waals surface area contributed by atoms with Crippen LogP contribution in [0.1, 0.15) is 5.56 Å². The van der Waals surface area contributed by atoms with Gasteiger partial charge in [0.2, 0.25) is 0 Å². The van der Waals surface area contributed by atoms with Gasteiger partial charge in [0.05, 0.1) is 4.92 Å². The van der Waals surface area contributed by atoms with Crippen molar-refractivity contribution in [2.75, 3.05) is 5.32 Å². The molecule has 2 aromatic rings. The maximum Gasteiger partial charge on any atom is 0.292 e. The SMILES string of the molecule is O=[N+]([O-])c1ccc(Cl)cc1NCc1c(O)cccc1Cl. The van der Waals surface area contributed by atoms with Crippen molar-refractivity contribution in [1.29, 1.82) is 0 Å². The molecule has 0 saturated carbocycles. The number of nitrogens with zero attached hydrogens (tertiary/aromatic N) is 1. The molecular formula is C13H10Cl2N2O3. The molecule has 0 saturated heterocycles. The first kappa shape index (κ1) is 14.4. The number of nitrogens with one attached hydrogen (secondary N) is 1. The number of phenols is 1. The van der Waals surface area contributed by atoms with E-state index in [1.165, 1.54) is 24.3 Å². The van der Waals surface area contributed by atoms with E-state index < -0.39 is 4.92 Å². The van der Waals surface area contributed by atoms with Crippen molar-refractivity contribution in [1.82, 2.24) is 0 Å². The smallest absolute Gasteiger partial charge is 0.292 e. The normalized spacial score (nSPS) is 10.3. The van der Waals surface area contributed by atoms with E-state index in [-0.39, 0.29) is 23.7 Å². The van der Waals surface area contributed by atoms with Crippen molar-refractivity contribution < 1.29 is 10.0 Å². The van der Waals surface area contributed by atoms with Gasteiger partial charge in [-0.05, 0) is 24.3 Å². The lowest BCUT2D eigenvalue weighted by molar-refractivity contribution is -0.384. The first-order valence-corrected chi connectivity index (χ1v) is 6.39. The number of phenolic OH excluding ortho intramolecular Hbond substituents is 1. The second-order valence-corrected chi connectivity index (χ2v) is 4.85. The van der Waals surface area contributed by atoms with Gasteiger partial charge in [0.25, 0.3) is 5.69 Å². The van der Waals surface area contributed by atoms with Gasteiger partial charge in [-0.2, -0.15) is 0 Å². The van der Waals surface area contributed by atoms with Crippen LogP contribution >= 0.6 is 23.2 Å². The van der Waals surface area contributed by atoms with Crippen LogP contribution in [0, 0.1) is 10.1 Å². The number of hydrogen-bond donors (Lipinski definition) is 2. The first-order valence-electron chi connectivity index (χ1n) is 5.63. The van der Waals surface area contributed by atoms with Crippen molar-refractivity contribution in [3.8, 4) is 5.75 Å². The van der Waals surface area contributed by atoms with E-state index in [4.69, 9.17) is 23.2 Å². The number of nitro benzene ring substituents is 1. The second kappa shape index (κ2) is 5.98. The summed E-state index contributed by atoms with van der Waals surface area (Å²) in [5.74, 6) is 0.0229. The molecule has 0 amide bonds. The van der Waals surface area contributed by atoms with Gasteiger partial charge in [0.1, 0.15) is 11.4 Å². The largest absolute Gasteiger partial charge is 0.508 e. The molecule has 0 heterocycles. The Labute approximate surface area is 124 Å². The fraction of sp³-hybridized carbons (Fsp3) is 0.0769. The lowest BCUT2D eigenvalue weighted by Gasteiger charge is -2.10. The molecule has 0 unspecified atom stereocenters. The highest BCUT2D eigenvalue weighted by atomic mass is 35.5. The summed E-state index contributed by atoms with van der Waals surface area (Å²) < 4.78 is 0. The van der Waals surface area contributed by atoms with Crippen LogP contribution in [0.5, 0.6) is 5.75 Å². The van der Waals surface area contributed by atoms with Gasteiger partial charge in [-0.3, -0.25) is 10.1 Å². The van der Waals surface area contributed by atoms with Crippen molar-refractivity contribution >= 4 is 34.6 Å². The van der Waals surface area contributed by atoms with Crippen LogP contribution in [0.25, 0.3) is 0 Å². The van der Waals surface area contributed by atoms with Gasteiger partial charge in [0.15, 0.2) is 0 Å². The Kier molecular flexibility index (Phi) is 4.32. The van der Waals surface area contributed by atoms with Crippen molar-refractivity contribution in [2.45, 2.75) is 6.54 Å². The minimum atomic E-state index is -0.509. The number of benzene rings is 2. The van der Waals surface area contributed by atoms with E-state index in [1.807, 2.05) is 0 Å². The molecule has 0 aliphatic rings. The van der Waals surface area contributed by atoms with E-state index in [0.29, 0.717) is 15.6 Å². The number of nitro groups is 1. The average Bonchev–Trinajstić information content (AvgIpc) is 2.37. The van der Waals surface area contributed by atoms with Gasteiger partial charge >= 0.3 is 0 Å². The first-order chi connectivity index (χ1) is 9.49. The lowest BCUT2D eigenvalue weighted by atomic mass is 10.2. The molecule has 0 atom stereocenters. The summed E-state index contributed by atoms with van der Waals surface area (Å²) >= 11 is 11.8. The standard InChI is InChI=1S/C13H10Cl2N2O3/c14-8-4-5-12(17(19)20)11(6-8)16-7-9-10(15)2-1-3-13(9)18/h1-6,16,18H,7H2. The third-order valence-corrected chi connectivity index (χ3v) is 3.29. The minimum Gasteiger partial charge on any atom is -0.508 e. The fourth-order valence-corrected chi connectivity index (χ4v) is 2.12. The van der Waals surface area contributed by atoms with Crippen LogP contribution in [-0.4, -0.2) is 10.0 Å². The molecule has 0 aromatic heterocycles. The Morgan fingerprint density at radius 2 is 2.00 bits per heavy atom. The Bertz CT molecular complexity index is 642. The monoisotopic (exact) mass is 312 g/mol. The Hall–Kier alpha value is -1.98. The molecule has 0 aliphatic heterocycles. The zero-order valence-electron chi connectivity index (χ0n) is 10.1. The topological polar surface area (TPSA) is 75.4 Å². The highest BCUT2D eigenvalue weighted by Gasteiger charge is 2.14. The summed E-state index contributed by atoms with van der Waals surface area (Å²) in [5, 5.41) is 24.3. The summed E-state index contributed by atoms with van der Waals surface area (Å²) in [6.45, 7) is 0.146. The molecular weight excluding hydrogens is 303 g/mol. The predicted molar refractivity (Wildman–Crippen MR) is 78.5 cm³/mol. The molecule has 7 heteroatoms. The lowest BCUT2D eigenvalue weighted by Crippen LogP contribution is -2.03. The Morgan fingerprint density at radius 3 is 2.65 bits per heavy atom. The van der Waals surface area contributed by atoms with Crippen LogP contribution < -0.4 is 5.32 Å². The number of halogens is 2. The van der Waals surface area contributed by atoms with Crippen LogP contribution in [0.3, 0.4) is 0 Å². The third kappa shape index (κ3) is 3.12. The highest BCUT2D eigenvalue weighted by molar-refractivity contribution is 6.31. The average molecular weight is 313 g/mol. The van der Waals surface area contributed by atoms with Gasteiger partial charge in [-0.1, -0.05) is 29.3 Å². The summed E-state index contributed by atoms with van der Waals surface area (Å²) in [5.41, 5.74) is 0.631.